The van der Waals surface area contributed by atoms with E-state index >= 15 is 0 Å². The fourth-order valence-corrected chi connectivity index (χ4v) is 3.75. The van der Waals surface area contributed by atoms with Crippen LogP contribution in [0.4, 0.5) is 5.82 Å². The summed E-state index contributed by atoms with van der Waals surface area (Å²) in [6, 6.07) is 9.23. The molecule has 1 unspecified atom stereocenters. The zero-order chi connectivity index (χ0) is 17.9. The molecule has 8 nitrogen and oxygen atoms in total. The average molecular weight is 361 g/mol. The quantitative estimate of drug-likeness (QED) is 0.446. The summed E-state index contributed by atoms with van der Waals surface area (Å²) < 4.78 is 7.63. The summed E-state index contributed by atoms with van der Waals surface area (Å²) in [6.07, 6.45) is 1.22. The van der Waals surface area contributed by atoms with Gasteiger partial charge in [-0.1, -0.05) is 18.2 Å². The number of para-hydroxylation sites is 1. The minimum atomic E-state index is -1.31. The number of ether oxygens (including phenoxy) is 1. The van der Waals surface area contributed by atoms with E-state index in [2.05, 4.69) is 16.7 Å². The summed E-state index contributed by atoms with van der Waals surface area (Å²) >= 11 is 1.85. The number of nitrogens with zero attached hydrogens (tertiary/aromatic N) is 5. The van der Waals surface area contributed by atoms with Gasteiger partial charge in [0, 0.05) is 24.6 Å². The molecule has 132 valence electrons. The molecule has 1 atom stereocenters. The standard InChI is InChI=1S/C16H19N5O3S/c1-17-16(20-8-10-25-11-9-20,24-13-6-4-3-5-7-13)15-18-12-14(19(15)2)21(22)23/h3-7,12H,1,8-11H2,2H3. The Morgan fingerprint density at radius 3 is 2.60 bits per heavy atom. The first-order valence-corrected chi connectivity index (χ1v) is 8.95. The average Bonchev–Trinajstić information content (AvgIpc) is 3.03. The lowest BCUT2D eigenvalue weighted by molar-refractivity contribution is -0.392. The lowest BCUT2D eigenvalue weighted by Gasteiger charge is -2.39. The molecule has 25 heavy (non-hydrogen) atoms. The highest BCUT2D eigenvalue weighted by molar-refractivity contribution is 7.99. The van der Waals surface area contributed by atoms with Gasteiger partial charge in [-0.2, -0.15) is 11.8 Å². The van der Waals surface area contributed by atoms with Crippen molar-refractivity contribution in [3.8, 4) is 5.75 Å². The van der Waals surface area contributed by atoms with Gasteiger partial charge in [0.05, 0.1) is 7.05 Å². The third kappa shape index (κ3) is 3.24. The van der Waals surface area contributed by atoms with Crippen molar-refractivity contribution in [3.63, 3.8) is 0 Å². The largest absolute Gasteiger partial charge is 0.445 e. The molecule has 2 heterocycles. The van der Waals surface area contributed by atoms with E-state index in [1.165, 1.54) is 10.8 Å². The Bertz CT molecular complexity index is 760. The predicted molar refractivity (Wildman–Crippen MR) is 97.1 cm³/mol. The third-order valence-electron chi connectivity index (χ3n) is 4.10. The topological polar surface area (TPSA) is 85.8 Å². The van der Waals surface area contributed by atoms with Gasteiger partial charge in [0.2, 0.25) is 0 Å². The first-order chi connectivity index (χ1) is 12.1. The number of benzene rings is 1. The van der Waals surface area contributed by atoms with E-state index in [9.17, 15) is 10.1 Å². The number of hydrogen-bond acceptors (Lipinski definition) is 7. The number of aliphatic imine (C=N–C) groups is 1. The van der Waals surface area contributed by atoms with Crippen molar-refractivity contribution in [1.82, 2.24) is 14.5 Å². The number of thioether (sulfide) groups is 1. The van der Waals surface area contributed by atoms with Crippen LogP contribution >= 0.6 is 11.8 Å². The maximum atomic E-state index is 11.2. The Morgan fingerprint density at radius 2 is 2.04 bits per heavy atom. The van der Waals surface area contributed by atoms with Gasteiger partial charge < -0.3 is 14.9 Å². The first-order valence-electron chi connectivity index (χ1n) is 7.80. The van der Waals surface area contributed by atoms with Crippen molar-refractivity contribution < 1.29 is 9.66 Å². The third-order valence-corrected chi connectivity index (χ3v) is 5.04. The summed E-state index contributed by atoms with van der Waals surface area (Å²) in [5.41, 5.74) is 0. The van der Waals surface area contributed by atoms with Gasteiger partial charge in [-0.25, -0.2) is 19.4 Å². The summed E-state index contributed by atoms with van der Waals surface area (Å²) in [4.78, 5) is 21.3. The molecule has 0 radical (unpaired) electrons. The van der Waals surface area contributed by atoms with E-state index in [1.54, 1.807) is 7.05 Å². The lowest BCUT2D eigenvalue weighted by Crippen LogP contribution is -2.53. The molecule has 1 saturated heterocycles. The van der Waals surface area contributed by atoms with Crippen LogP contribution in [-0.4, -0.2) is 50.7 Å². The van der Waals surface area contributed by atoms with Gasteiger partial charge in [-0.3, -0.25) is 0 Å². The second-order valence-electron chi connectivity index (χ2n) is 5.54. The maximum absolute atomic E-state index is 11.2. The molecule has 0 aliphatic carbocycles. The van der Waals surface area contributed by atoms with E-state index in [0.29, 0.717) is 11.6 Å². The van der Waals surface area contributed by atoms with Crippen molar-refractivity contribution in [3.05, 3.63) is 52.5 Å². The fourth-order valence-electron chi connectivity index (χ4n) is 2.85. The SMILES string of the molecule is C=NC(Oc1ccccc1)(c1ncc([N+](=O)[O-])n1C)N1CCSCC1. The second-order valence-corrected chi connectivity index (χ2v) is 6.76. The normalized spacial score (nSPS) is 17.6. The minimum absolute atomic E-state index is 0.119. The molecule has 0 spiro atoms. The predicted octanol–water partition coefficient (Wildman–Crippen LogP) is 2.27. The van der Waals surface area contributed by atoms with Crippen LogP contribution < -0.4 is 4.74 Å². The molecule has 3 rings (SSSR count). The zero-order valence-electron chi connectivity index (χ0n) is 13.9. The molecule has 1 fully saturated rings. The number of aromatic nitrogens is 2. The van der Waals surface area contributed by atoms with E-state index < -0.39 is 10.8 Å². The van der Waals surface area contributed by atoms with Crippen LogP contribution in [-0.2, 0) is 12.9 Å². The zero-order valence-corrected chi connectivity index (χ0v) is 14.7. The molecule has 1 aliphatic rings. The Morgan fingerprint density at radius 1 is 1.36 bits per heavy atom. The van der Waals surface area contributed by atoms with Crippen LogP contribution in [0.15, 0.2) is 41.5 Å². The van der Waals surface area contributed by atoms with E-state index in [4.69, 9.17) is 4.74 Å². The summed E-state index contributed by atoms with van der Waals surface area (Å²) in [6.45, 7) is 5.17. The van der Waals surface area contributed by atoms with Crippen molar-refractivity contribution in [2.75, 3.05) is 24.6 Å². The molecule has 0 N–H and O–H groups in total. The molecule has 0 bridgehead atoms. The van der Waals surface area contributed by atoms with Crippen LogP contribution in [0.5, 0.6) is 5.75 Å². The van der Waals surface area contributed by atoms with Crippen molar-refractivity contribution in [2.24, 2.45) is 12.0 Å². The molecule has 1 aromatic carbocycles. The Hall–Kier alpha value is -2.39. The van der Waals surface area contributed by atoms with Gasteiger partial charge in [0.1, 0.15) is 11.9 Å². The first kappa shape index (κ1) is 17.4. The van der Waals surface area contributed by atoms with Gasteiger partial charge in [-0.15, -0.1) is 0 Å². The molecule has 0 amide bonds. The fraction of sp³-hybridized carbons (Fsp3) is 0.375. The monoisotopic (exact) mass is 361 g/mol. The molecule has 0 saturated carbocycles. The number of rotatable bonds is 6. The molecule has 2 aromatic rings. The van der Waals surface area contributed by atoms with E-state index in [0.717, 1.165) is 24.6 Å². The highest BCUT2D eigenvalue weighted by Gasteiger charge is 2.48. The van der Waals surface area contributed by atoms with Gasteiger partial charge in [0.25, 0.3) is 5.82 Å². The van der Waals surface area contributed by atoms with Crippen molar-refractivity contribution in [2.45, 2.75) is 5.85 Å². The second kappa shape index (κ2) is 7.24. The Balaban J connectivity index is 2.10. The summed E-state index contributed by atoms with van der Waals surface area (Å²) in [7, 11) is 1.59. The van der Waals surface area contributed by atoms with Crippen molar-refractivity contribution >= 4 is 24.3 Å². The molecule has 9 heteroatoms. The number of nitro groups is 1. The number of imidazole rings is 1. The van der Waals surface area contributed by atoms with Crippen LogP contribution in [0, 0.1) is 10.1 Å². The van der Waals surface area contributed by atoms with Crippen LogP contribution in [0.3, 0.4) is 0 Å². The van der Waals surface area contributed by atoms with Crippen LogP contribution in [0.25, 0.3) is 0 Å². The smallest absolute Gasteiger partial charge is 0.343 e. The summed E-state index contributed by atoms with van der Waals surface area (Å²) in [5, 5.41) is 11.2. The molecule has 1 aliphatic heterocycles. The van der Waals surface area contributed by atoms with E-state index in [-0.39, 0.29) is 5.82 Å². The Labute approximate surface area is 149 Å². The highest BCUT2D eigenvalue weighted by Crippen LogP contribution is 2.35. The molecule has 1 aromatic heterocycles. The molecular formula is C16H19N5O3S. The summed E-state index contributed by atoms with van der Waals surface area (Å²) in [5.74, 6) is 1.34. The van der Waals surface area contributed by atoms with E-state index in [1.807, 2.05) is 47.0 Å². The van der Waals surface area contributed by atoms with Crippen molar-refractivity contribution in [1.29, 1.82) is 0 Å². The van der Waals surface area contributed by atoms with Gasteiger partial charge >= 0.3 is 11.7 Å². The molecular weight excluding hydrogens is 342 g/mol. The maximum Gasteiger partial charge on any atom is 0.343 e. The van der Waals surface area contributed by atoms with Crippen LogP contribution in [0.2, 0.25) is 0 Å². The van der Waals surface area contributed by atoms with Crippen LogP contribution in [0.1, 0.15) is 5.82 Å². The lowest BCUT2D eigenvalue weighted by atomic mass is 10.2. The minimum Gasteiger partial charge on any atom is -0.445 e. The van der Waals surface area contributed by atoms with Gasteiger partial charge in [0.15, 0.2) is 0 Å². The Kier molecular flexibility index (Phi) is 5.05. The number of hydrogen-bond donors (Lipinski definition) is 0. The highest BCUT2D eigenvalue weighted by atomic mass is 32.2. The van der Waals surface area contributed by atoms with Gasteiger partial charge in [-0.05, 0) is 23.8 Å².